The molecule has 1 atom stereocenters. The number of hydrogen-bond donors (Lipinski definition) is 4. The number of aliphatic carboxylic acids is 1. The Morgan fingerprint density at radius 2 is 2.17 bits per heavy atom. The summed E-state index contributed by atoms with van der Waals surface area (Å²) in [6.07, 6.45) is 6.08. The van der Waals surface area contributed by atoms with Gasteiger partial charge in [0.2, 0.25) is 11.8 Å². The lowest BCUT2D eigenvalue weighted by atomic mass is 9.92. The van der Waals surface area contributed by atoms with E-state index >= 15 is 0 Å². The maximum Gasteiger partial charge on any atom is 0.303 e. The van der Waals surface area contributed by atoms with Gasteiger partial charge in [-0.05, 0) is 36.5 Å². The zero-order chi connectivity index (χ0) is 25.0. The lowest BCUT2D eigenvalue weighted by Crippen LogP contribution is -2.15. The van der Waals surface area contributed by atoms with Crippen LogP contribution in [0.2, 0.25) is 0 Å². The Kier molecular flexibility index (Phi) is 9.85. The lowest BCUT2D eigenvalue weighted by molar-refractivity contribution is -0.137. The van der Waals surface area contributed by atoms with Crippen LogP contribution >= 0.6 is 0 Å². The Balaban J connectivity index is 1.64. The van der Waals surface area contributed by atoms with Crippen LogP contribution in [0, 0.1) is 0 Å². The number of carboxylic acid groups (broad SMARTS) is 1. The van der Waals surface area contributed by atoms with Crippen LogP contribution in [0.3, 0.4) is 0 Å². The van der Waals surface area contributed by atoms with Crippen LogP contribution in [0.4, 0.5) is 5.82 Å². The molecule has 10 nitrogen and oxygen atoms in total. The van der Waals surface area contributed by atoms with Gasteiger partial charge in [-0.2, -0.15) is 0 Å². The number of pyridine rings is 2. The number of aliphatic imine (C=N–C) groups is 1. The van der Waals surface area contributed by atoms with Gasteiger partial charge in [0.05, 0.1) is 33.3 Å². The molecule has 3 heterocycles. The van der Waals surface area contributed by atoms with Crippen molar-refractivity contribution in [3.63, 3.8) is 0 Å². The van der Waals surface area contributed by atoms with Crippen molar-refractivity contribution < 1.29 is 24.5 Å². The first-order valence-corrected chi connectivity index (χ1v) is 11.7. The number of methoxy groups -OCH3 is 1. The predicted molar refractivity (Wildman–Crippen MR) is 133 cm³/mol. The van der Waals surface area contributed by atoms with Gasteiger partial charge >= 0.3 is 5.97 Å². The standard InChI is InChI=1S/C25H33N5O5/c1-34-22-7-5-18(16-29-22)19(14-24(32)33)13-20(26)15-23(27-10-11-31)35-12-8-21-6-4-17-3-2-9-28-25(17)30-21/h4-7,15-16,19,31H,2-3,8-14,26H2,1H3,(H,28,30)(H,32,33). The van der Waals surface area contributed by atoms with Crippen molar-refractivity contribution in [2.75, 3.05) is 38.7 Å². The number of nitrogens with one attached hydrogen (secondary N) is 1. The first-order chi connectivity index (χ1) is 17.0. The van der Waals surface area contributed by atoms with Crippen LogP contribution in [0.15, 0.2) is 47.2 Å². The number of rotatable bonds is 12. The maximum absolute atomic E-state index is 11.4. The van der Waals surface area contributed by atoms with E-state index in [2.05, 4.69) is 26.3 Å². The second-order valence-electron chi connectivity index (χ2n) is 8.23. The minimum Gasteiger partial charge on any atom is -0.481 e. The average molecular weight is 484 g/mol. The van der Waals surface area contributed by atoms with Crippen molar-refractivity contribution in [3.05, 3.63) is 59.1 Å². The van der Waals surface area contributed by atoms with Gasteiger partial charge in [-0.25, -0.2) is 15.0 Å². The Labute approximate surface area is 204 Å². The van der Waals surface area contributed by atoms with E-state index < -0.39 is 5.97 Å². The molecule has 1 aliphatic heterocycles. The number of aromatic nitrogens is 2. The summed E-state index contributed by atoms with van der Waals surface area (Å²) >= 11 is 0. The van der Waals surface area contributed by atoms with Gasteiger partial charge in [0.1, 0.15) is 5.82 Å². The van der Waals surface area contributed by atoms with Crippen molar-refractivity contribution in [1.82, 2.24) is 9.97 Å². The number of nitrogens with zero attached hydrogens (tertiary/aromatic N) is 3. The molecular formula is C25H33N5O5. The zero-order valence-electron chi connectivity index (χ0n) is 19.9. The first kappa shape index (κ1) is 26.0. The molecule has 0 aromatic carbocycles. The summed E-state index contributed by atoms with van der Waals surface area (Å²) < 4.78 is 10.9. The van der Waals surface area contributed by atoms with Crippen LogP contribution in [0.25, 0.3) is 0 Å². The van der Waals surface area contributed by atoms with Crippen molar-refractivity contribution in [2.24, 2.45) is 10.7 Å². The third-order valence-corrected chi connectivity index (χ3v) is 5.58. The fraction of sp³-hybridized carbons (Fsp3) is 0.440. The summed E-state index contributed by atoms with van der Waals surface area (Å²) in [7, 11) is 1.52. The SMILES string of the molecule is COc1ccc(C(CC(=O)O)CC(N)=CC(=NCCO)OCCc2ccc3c(n2)NCCC3)cn1. The molecule has 10 heteroatoms. The van der Waals surface area contributed by atoms with E-state index in [1.54, 1.807) is 24.4 Å². The number of anilines is 1. The number of hydrogen-bond acceptors (Lipinski definition) is 9. The molecule has 0 saturated heterocycles. The Hall–Kier alpha value is -3.66. The van der Waals surface area contributed by atoms with E-state index in [0.717, 1.165) is 36.5 Å². The Bertz CT molecular complexity index is 1040. The highest BCUT2D eigenvalue weighted by atomic mass is 16.5. The van der Waals surface area contributed by atoms with E-state index in [-0.39, 0.29) is 37.8 Å². The molecule has 5 N–H and O–H groups in total. The molecule has 0 fully saturated rings. The molecule has 0 amide bonds. The quantitative estimate of drug-likeness (QED) is 0.263. The van der Waals surface area contributed by atoms with Gasteiger partial charge < -0.3 is 30.7 Å². The van der Waals surface area contributed by atoms with Crippen LogP contribution in [0.5, 0.6) is 5.88 Å². The highest BCUT2D eigenvalue weighted by Crippen LogP contribution is 2.26. The van der Waals surface area contributed by atoms with E-state index in [1.807, 2.05) is 6.07 Å². The Morgan fingerprint density at radius 3 is 2.89 bits per heavy atom. The van der Waals surface area contributed by atoms with Crippen molar-refractivity contribution >= 4 is 17.7 Å². The molecule has 188 valence electrons. The molecule has 0 aliphatic carbocycles. The van der Waals surface area contributed by atoms with E-state index in [0.29, 0.717) is 24.6 Å². The van der Waals surface area contributed by atoms with Crippen LogP contribution in [-0.2, 0) is 22.4 Å². The molecule has 2 aromatic heterocycles. The summed E-state index contributed by atoms with van der Waals surface area (Å²) in [5.74, 6) is 0.353. The number of allylic oxidation sites excluding steroid dienone is 1. The third-order valence-electron chi connectivity index (χ3n) is 5.58. The molecule has 35 heavy (non-hydrogen) atoms. The number of carboxylic acids is 1. The minimum absolute atomic E-state index is 0.107. The maximum atomic E-state index is 11.4. The third kappa shape index (κ3) is 8.25. The largest absolute Gasteiger partial charge is 0.481 e. The van der Waals surface area contributed by atoms with E-state index in [1.165, 1.54) is 12.7 Å². The summed E-state index contributed by atoms with van der Waals surface area (Å²) in [5, 5.41) is 21.9. The summed E-state index contributed by atoms with van der Waals surface area (Å²) in [5.41, 5.74) is 9.55. The van der Waals surface area contributed by atoms with Crippen LogP contribution < -0.4 is 15.8 Å². The van der Waals surface area contributed by atoms with Gasteiger partial charge in [0.25, 0.3) is 0 Å². The molecule has 0 bridgehead atoms. The number of aliphatic hydroxyl groups excluding tert-OH is 1. The molecule has 1 aliphatic rings. The zero-order valence-corrected chi connectivity index (χ0v) is 19.9. The molecule has 3 rings (SSSR count). The van der Waals surface area contributed by atoms with Crippen molar-refractivity contribution in [2.45, 2.75) is 38.0 Å². The van der Waals surface area contributed by atoms with E-state index in [4.69, 9.17) is 15.2 Å². The number of aliphatic hydroxyl groups is 1. The average Bonchev–Trinajstić information content (AvgIpc) is 2.86. The molecule has 0 saturated carbocycles. The Morgan fingerprint density at radius 1 is 1.31 bits per heavy atom. The fourth-order valence-corrected chi connectivity index (χ4v) is 3.84. The number of fused-ring (bicyclic) bond motifs is 1. The van der Waals surface area contributed by atoms with Gasteiger partial charge in [-0.1, -0.05) is 12.1 Å². The number of nitrogens with two attached hydrogens (primary N) is 1. The smallest absolute Gasteiger partial charge is 0.303 e. The molecule has 2 aromatic rings. The number of aryl methyl sites for hydroxylation is 1. The molecule has 0 radical (unpaired) electrons. The summed E-state index contributed by atoms with van der Waals surface area (Å²) in [4.78, 5) is 24.5. The van der Waals surface area contributed by atoms with Crippen LogP contribution in [-0.4, -0.2) is 65.5 Å². The normalized spacial score (nSPS) is 14.6. The minimum atomic E-state index is -0.934. The summed E-state index contributed by atoms with van der Waals surface area (Å²) in [6.45, 7) is 1.30. The highest BCUT2D eigenvalue weighted by molar-refractivity contribution is 5.88. The van der Waals surface area contributed by atoms with Gasteiger partial charge in [-0.3, -0.25) is 4.79 Å². The lowest BCUT2D eigenvalue weighted by Gasteiger charge is -2.17. The number of ether oxygens (including phenoxy) is 2. The topological polar surface area (TPSA) is 152 Å². The van der Waals surface area contributed by atoms with Crippen LogP contribution in [0.1, 0.15) is 42.0 Å². The van der Waals surface area contributed by atoms with E-state index in [9.17, 15) is 15.0 Å². The summed E-state index contributed by atoms with van der Waals surface area (Å²) in [6, 6.07) is 7.57. The highest BCUT2D eigenvalue weighted by Gasteiger charge is 2.18. The molecule has 1 unspecified atom stereocenters. The second kappa shape index (κ2) is 13.3. The van der Waals surface area contributed by atoms with Crippen molar-refractivity contribution in [3.8, 4) is 5.88 Å². The molecular weight excluding hydrogens is 450 g/mol. The van der Waals surface area contributed by atoms with Gasteiger partial charge in [0.15, 0.2) is 0 Å². The van der Waals surface area contributed by atoms with Crippen molar-refractivity contribution in [1.29, 1.82) is 0 Å². The second-order valence-corrected chi connectivity index (χ2v) is 8.23. The fourth-order valence-electron chi connectivity index (χ4n) is 3.84. The van der Waals surface area contributed by atoms with Gasteiger partial charge in [0, 0.05) is 48.6 Å². The first-order valence-electron chi connectivity index (χ1n) is 11.7. The monoisotopic (exact) mass is 483 g/mol. The van der Waals surface area contributed by atoms with Gasteiger partial charge in [-0.15, -0.1) is 0 Å². The predicted octanol–water partition coefficient (Wildman–Crippen LogP) is 2.28. The molecule has 0 spiro atoms. The number of carbonyl (C=O) groups is 1.